The van der Waals surface area contributed by atoms with Gasteiger partial charge in [-0.15, -0.1) is 11.3 Å². The van der Waals surface area contributed by atoms with Crippen LogP contribution in [0.4, 0.5) is 0 Å². The molecule has 1 heterocycles. The molecule has 0 amide bonds. The van der Waals surface area contributed by atoms with Crippen LogP contribution in [0.5, 0.6) is 11.5 Å². The Hall–Kier alpha value is -1.52. The second-order valence-corrected chi connectivity index (χ2v) is 4.71. The Balaban J connectivity index is 1.94. The molecule has 0 saturated heterocycles. The molecule has 4 heteroatoms. The number of nitrogens with one attached hydrogen (secondary N) is 1. The van der Waals surface area contributed by atoms with Crippen molar-refractivity contribution in [1.82, 2.24) is 5.32 Å². The van der Waals surface area contributed by atoms with Crippen molar-refractivity contribution in [2.24, 2.45) is 0 Å². The zero-order valence-corrected chi connectivity index (χ0v) is 10.5. The molecule has 2 aromatic rings. The van der Waals surface area contributed by atoms with Crippen molar-refractivity contribution in [1.29, 1.82) is 0 Å². The molecule has 90 valence electrons. The number of aromatic hydroxyl groups is 1. The highest BCUT2D eigenvalue weighted by Crippen LogP contribution is 2.22. The topological polar surface area (TPSA) is 41.5 Å². The highest BCUT2D eigenvalue weighted by Gasteiger charge is 2.03. The van der Waals surface area contributed by atoms with Crippen molar-refractivity contribution in [2.75, 3.05) is 7.11 Å². The van der Waals surface area contributed by atoms with Crippen LogP contribution in [0.15, 0.2) is 35.7 Å². The second kappa shape index (κ2) is 5.70. The van der Waals surface area contributed by atoms with Crippen LogP contribution in [0, 0.1) is 0 Å². The van der Waals surface area contributed by atoms with Gasteiger partial charge in [-0.1, -0.05) is 6.07 Å². The van der Waals surface area contributed by atoms with Crippen molar-refractivity contribution < 1.29 is 9.84 Å². The van der Waals surface area contributed by atoms with E-state index in [1.807, 2.05) is 12.1 Å². The first-order valence-electron chi connectivity index (χ1n) is 5.38. The first-order chi connectivity index (χ1) is 8.29. The molecule has 0 atom stereocenters. The van der Waals surface area contributed by atoms with E-state index in [0.717, 1.165) is 17.9 Å². The number of phenols is 1. The molecule has 1 aromatic heterocycles. The van der Waals surface area contributed by atoms with Gasteiger partial charge in [-0.05, 0) is 29.6 Å². The van der Waals surface area contributed by atoms with Crippen molar-refractivity contribution in [3.05, 3.63) is 46.2 Å². The normalized spacial score (nSPS) is 10.4. The van der Waals surface area contributed by atoms with E-state index < -0.39 is 0 Å². The van der Waals surface area contributed by atoms with Gasteiger partial charge in [-0.3, -0.25) is 0 Å². The van der Waals surface area contributed by atoms with Crippen LogP contribution >= 0.6 is 11.3 Å². The van der Waals surface area contributed by atoms with Crippen LogP contribution in [-0.4, -0.2) is 12.2 Å². The highest BCUT2D eigenvalue weighted by atomic mass is 32.1. The van der Waals surface area contributed by atoms with Gasteiger partial charge in [-0.2, -0.15) is 0 Å². The summed E-state index contributed by atoms with van der Waals surface area (Å²) in [5.74, 6) is 1.06. The summed E-state index contributed by atoms with van der Waals surface area (Å²) in [7, 11) is 1.62. The fraction of sp³-hybridized carbons (Fsp3) is 0.231. The third kappa shape index (κ3) is 3.22. The first kappa shape index (κ1) is 12.0. The number of hydrogen-bond acceptors (Lipinski definition) is 4. The molecule has 0 bridgehead atoms. The molecular weight excluding hydrogens is 234 g/mol. The SMILES string of the molecule is COc1ccc(O)c(CNCc2cccs2)c1. The van der Waals surface area contributed by atoms with E-state index in [1.54, 1.807) is 30.6 Å². The molecule has 0 saturated carbocycles. The van der Waals surface area contributed by atoms with Crippen LogP contribution in [0.1, 0.15) is 10.4 Å². The van der Waals surface area contributed by atoms with Crippen LogP contribution in [0.2, 0.25) is 0 Å². The van der Waals surface area contributed by atoms with E-state index >= 15 is 0 Å². The molecule has 3 nitrogen and oxygen atoms in total. The maximum Gasteiger partial charge on any atom is 0.120 e. The van der Waals surface area contributed by atoms with E-state index in [-0.39, 0.29) is 0 Å². The summed E-state index contributed by atoms with van der Waals surface area (Å²) in [6.45, 7) is 1.44. The molecule has 0 fully saturated rings. The second-order valence-electron chi connectivity index (χ2n) is 3.68. The van der Waals surface area contributed by atoms with Gasteiger partial charge < -0.3 is 15.2 Å². The highest BCUT2D eigenvalue weighted by molar-refractivity contribution is 7.09. The van der Waals surface area contributed by atoms with E-state index in [1.165, 1.54) is 4.88 Å². The quantitative estimate of drug-likeness (QED) is 0.856. The van der Waals surface area contributed by atoms with Crippen molar-refractivity contribution >= 4 is 11.3 Å². The number of ether oxygens (including phenoxy) is 1. The largest absolute Gasteiger partial charge is 0.508 e. The molecular formula is C13H15NO2S. The summed E-state index contributed by atoms with van der Waals surface area (Å²) in [5, 5.41) is 15.0. The number of thiophene rings is 1. The van der Waals surface area contributed by atoms with E-state index in [4.69, 9.17) is 4.74 Å². The van der Waals surface area contributed by atoms with Crippen molar-refractivity contribution in [3.63, 3.8) is 0 Å². The average Bonchev–Trinajstić information content (AvgIpc) is 2.84. The lowest BCUT2D eigenvalue weighted by molar-refractivity contribution is 0.410. The monoisotopic (exact) mass is 249 g/mol. The van der Waals surface area contributed by atoms with Gasteiger partial charge in [0, 0.05) is 23.5 Å². The standard InChI is InChI=1S/C13H15NO2S/c1-16-11-4-5-13(15)10(7-11)8-14-9-12-3-2-6-17-12/h2-7,14-15H,8-9H2,1H3. The van der Waals surface area contributed by atoms with Crippen LogP contribution in [0.3, 0.4) is 0 Å². The Kier molecular flexibility index (Phi) is 4.01. The minimum Gasteiger partial charge on any atom is -0.508 e. The molecule has 2 rings (SSSR count). The summed E-state index contributed by atoms with van der Waals surface area (Å²) in [5.41, 5.74) is 0.848. The summed E-state index contributed by atoms with van der Waals surface area (Å²) >= 11 is 1.72. The minimum atomic E-state index is 0.296. The summed E-state index contributed by atoms with van der Waals surface area (Å²) in [6, 6.07) is 9.36. The number of hydrogen-bond donors (Lipinski definition) is 2. The van der Waals surface area contributed by atoms with E-state index in [2.05, 4.69) is 16.8 Å². The maximum absolute atomic E-state index is 9.69. The van der Waals surface area contributed by atoms with Gasteiger partial charge in [0.05, 0.1) is 7.11 Å². The molecule has 0 spiro atoms. The van der Waals surface area contributed by atoms with Gasteiger partial charge in [0.2, 0.25) is 0 Å². The molecule has 0 aliphatic carbocycles. The fourth-order valence-corrected chi connectivity index (χ4v) is 2.24. The summed E-state index contributed by atoms with van der Waals surface area (Å²) < 4.78 is 5.13. The number of phenolic OH excluding ortho intramolecular Hbond substituents is 1. The van der Waals surface area contributed by atoms with Gasteiger partial charge >= 0.3 is 0 Å². The lowest BCUT2D eigenvalue weighted by atomic mass is 10.2. The lowest BCUT2D eigenvalue weighted by Crippen LogP contribution is -2.11. The Morgan fingerprint density at radius 2 is 2.18 bits per heavy atom. The third-order valence-electron chi connectivity index (χ3n) is 2.48. The maximum atomic E-state index is 9.69. The zero-order valence-electron chi connectivity index (χ0n) is 9.64. The van der Waals surface area contributed by atoms with Crippen molar-refractivity contribution in [2.45, 2.75) is 13.1 Å². The average molecular weight is 249 g/mol. The first-order valence-corrected chi connectivity index (χ1v) is 6.26. The summed E-state index contributed by atoms with van der Waals surface area (Å²) in [6.07, 6.45) is 0. The lowest BCUT2D eigenvalue weighted by Gasteiger charge is -2.08. The Bertz CT molecular complexity index is 468. The number of methoxy groups -OCH3 is 1. The number of benzene rings is 1. The van der Waals surface area contributed by atoms with E-state index in [0.29, 0.717) is 12.3 Å². The predicted octanol–water partition coefficient (Wildman–Crippen LogP) is 2.75. The molecule has 0 aliphatic rings. The van der Waals surface area contributed by atoms with E-state index in [9.17, 15) is 5.11 Å². The Morgan fingerprint density at radius 1 is 1.29 bits per heavy atom. The van der Waals surface area contributed by atoms with Crippen LogP contribution in [-0.2, 0) is 13.1 Å². The molecule has 17 heavy (non-hydrogen) atoms. The predicted molar refractivity (Wildman–Crippen MR) is 69.5 cm³/mol. The molecule has 0 radical (unpaired) electrons. The smallest absolute Gasteiger partial charge is 0.120 e. The Morgan fingerprint density at radius 3 is 2.88 bits per heavy atom. The molecule has 0 aliphatic heterocycles. The molecule has 1 aromatic carbocycles. The molecule has 0 unspecified atom stereocenters. The third-order valence-corrected chi connectivity index (χ3v) is 3.36. The van der Waals surface area contributed by atoms with Gasteiger partial charge in [0.25, 0.3) is 0 Å². The van der Waals surface area contributed by atoms with Crippen LogP contribution in [0.25, 0.3) is 0 Å². The van der Waals surface area contributed by atoms with Crippen molar-refractivity contribution in [3.8, 4) is 11.5 Å². The van der Waals surface area contributed by atoms with Gasteiger partial charge in [0.15, 0.2) is 0 Å². The van der Waals surface area contributed by atoms with Gasteiger partial charge in [0.1, 0.15) is 11.5 Å². The van der Waals surface area contributed by atoms with Crippen LogP contribution < -0.4 is 10.1 Å². The Labute approximate surface area is 105 Å². The minimum absolute atomic E-state index is 0.296. The summed E-state index contributed by atoms with van der Waals surface area (Å²) in [4.78, 5) is 1.28. The molecule has 2 N–H and O–H groups in total. The zero-order chi connectivity index (χ0) is 12.1. The van der Waals surface area contributed by atoms with Gasteiger partial charge in [-0.25, -0.2) is 0 Å². The fourth-order valence-electron chi connectivity index (χ4n) is 1.56. The number of rotatable bonds is 5.